The van der Waals surface area contributed by atoms with Gasteiger partial charge in [-0.2, -0.15) is 0 Å². The Morgan fingerprint density at radius 2 is 2.27 bits per heavy atom. The van der Waals surface area contributed by atoms with E-state index >= 15 is 0 Å². The number of nitrogens with two attached hydrogens (primary N) is 1. The Morgan fingerprint density at radius 1 is 1.53 bits per heavy atom. The third kappa shape index (κ3) is 2.92. The van der Waals surface area contributed by atoms with Gasteiger partial charge < -0.3 is 5.73 Å². The highest BCUT2D eigenvalue weighted by atomic mass is 32.2. The lowest BCUT2D eigenvalue weighted by Crippen LogP contribution is -2.19. The van der Waals surface area contributed by atoms with Gasteiger partial charge in [-0.3, -0.25) is 0 Å². The second-order valence-corrected chi connectivity index (χ2v) is 5.68. The molecule has 5 nitrogen and oxygen atoms in total. The molecule has 1 aliphatic carbocycles. The molecule has 6 heteroatoms. The summed E-state index contributed by atoms with van der Waals surface area (Å²) in [6, 6.07) is 0.780. The van der Waals surface area contributed by atoms with Gasteiger partial charge in [-0.05, 0) is 36.6 Å². The van der Waals surface area contributed by atoms with E-state index in [1.807, 2.05) is 11.6 Å². The first-order valence-electron chi connectivity index (χ1n) is 5.37. The average Bonchev–Trinajstić information content (AvgIpc) is 2.87. The summed E-state index contributed by atoms with van der Waals surface area (Å²) in [6.07, 6.45) is 3.41. The van der Waals surface area contributed by atoms with Gasteiger partial charge in [-0.25, -0.2) is 4.68 Å². The summed E-state index contributed by atoms with van der Waals surface area (Å²) in [7, 11) is 0. The van der Waals surface area contributed by atoms with Gasteiger partial charge in [0.25, 0.3) is 0 Å². The fourth-order valence-corrected chi connectivity index (χ4v) is 2.70. The van der Waals surface area contributed by atoms with Gasteiger partial charge >= 0.3 is 0 Å². The molecule has 15 heavy (non-hydrogen) atoms. The molecule has 1 saturated carbocycles. The third-order valence-corrected chi connectivity index (χ3v) is 3.44. The van der Waals surface area contributed by atoms with E-state index < -0.39 is 0 Å². The Balaban J connectivity index is 1.94. The smallest absolute Gasteiger partial charge is 0.209 e. The molecule has 0 bridgehead atoms. The number of aromatic nitrogens is 4. The Kier molecular flexibility index (Phi) is 3.25. The van der Waals surface area contributed by atoms with Crippen molar-refractivity contribution < 1.29 is 0 Å². The number of thioether (sulfide) groups is 1. The van der Waals surface area contributed by atoms with Gasteiger partial charge in [-0.15, -0.1) is 5.10 Å². The second kappa shape index (κ2) is 4.49. The van der Waals surface area contributed by atoms with Gasteiger partial charge in [-0.1, -0.05) is 18.7 Å². The van der Waals surface area contributed by atoms with E-state index in [2.05, 4.69) is 22.4 Å². The highest BCUT2D eigenvalue weighted by Gasteiger charge is 2.28. The Hall–Kier alpha value is -0.620. The molecular formula is C9H17N5S. The largest absolute Gasteiger partial charge is 0.328 e. The predicted octanol–water partition coefficient (Wildman–Crippen LogP) is 1.23. The van der Waals surface area contributed by atoms with Crippen molar-refractivity contribution in [3.8, 4) is 0 Å². The fraction of sp³-hybridized carbons (Fsp3) is 0.889. The van der Waals surface area contributed by atoms with E-state index in [0.29, 0.717) is 11.3 Å². The first-order chi connectivity index (χ1) is 7.16. The zero-order valence-corrected chi connectivity index (χ0v) is 9.94. The summed E-state index contributed by atoms with van der Waals surface area (Å²) in [5.74, 6) is 0. The molecule has 2 N–H and O–H groups in total. The molecule has 2 rings (SSSR count). The van der Waals surface area contributed by atoms with Crippen LogP contribution in [0.25, 0.3) is 0 Å². The third-order valence-electron chi connectivity index (χ3n) is 2.37. The van der Waals surface area contributed by atoms with E-state index in [1.165, 1.54) is 12.8 Å². The fourth-order valence-electron chi connectivity index (χ4n) is 1.56. The highest BCUT2D eigenvalue weighted by molar-refractivity contribution is 7.99. The molecule has 0 spiro atoms. The Bertz CT molecular complexity index is 320. The summed E-state index contributed by atoms with van der Waals surface area (Å²) in [6.45, 7) is 4.20. The molecule has 0 aliphatic heterocycles. The molecule has 0 saturated heterocycles. The minimum atomic E-state index is 0.234. The van der Waals surface area contributed by atoms with Crippen molar-refractivity contribution in [2.24, 2.45) is 5.73 Å². The van der Waals surface area contributed by atoms with E-state index in [0.717, 1.165) is 11.6 Å². The predicted molar refractivity (Wildman–Crippen MR) is 59.7 cm³/mol. The Labute approximate surface area is 93.8 Å². The normalized spacial score (nSPS) is 20.2. The van der Waals surface area contributed by atoms with E-state index in [-0.39, 0.29) is 6.04 Å². The number of tetrazole rings is 1. The number of hydrogen-bond donors (Lipinski definition) is 1. The number of rotatable bonds is 5. The van der Waals surface area contributed by atoms with Crippen LogP contribution in [0.5, 0.6) is 0 Å². The summed E-state index contributed by atoms with van der Waals surface area (Å²) >= 11 is 1.72. The van der Waals surface area contributed by atoms with E-state index in [4.69, 9.17) is 5.73 Å². The van der Waals surface area contributed by atoms with E-state index in [1.54, 1.807) is 11.8 Å². The van der Waals surface area contributed by atoms with Gasteiger partial charge in [0.1, 0.15) is 0 Å². The van der Waals surface area contributed by atoms with E-state index in [9.17, 15) is 0 Å². The van der Waals surface area contributed by atoms with Crippen LogP contribution in [0.2, 0.25) is 0 Å². The van der Waals surface area contributed by atoms with Crippen molar-refractivity contribution in [2.75, 3.05) is 0 Å². The van der Waals surface area contributed by atoms with Gasteiger partial charge in [0.05, 0.1) is 6.04 Å². The molecule has 2 unspecified atom stereocenters. The molecule has 1 aromatic heterocycles. The number of nitrogens with zero attached hydrogens (tertiary/aromatic N) is 4. The first kappa shape index (κ1) is 10.9. The first-order valence-corrected chi connectivity index (χ1v) is 6.25. The van der Waals surface area contributed by atoms with Crippen LogP contribution in [0.1, 0.15) is 39.2 Å². The van der Waals surface area contributed by atoms with Gasteiger partial charge in [0, 0.05) is 11.3 Å². The minimum absolute atomic E-state index is 0.234. The molecule has 1 fully saturated rings. The standard InChI is InChI=1S/C9H17N5S/c1-6(10)5-7(2)15-9-11-12-13-14(9)8-3-4-8/h6-8H,3-5,10H2,1-2H3. The van der Waals surface area contributed by atoms with Crippen molar-refractivity contribution >= 4 is 11.8 Å². The zero-order valence-electron chi connectivity index (χ0n) is 9.13. The van der Waals surface area contributed by atoms with Crippen LogP contribution in [0.3, 0.4) is 0 Å². The summed E-state index contributed by atoms with van der Waals surface area (Å²) in [5, 5.41) is 13.2. The molecule has 1 aliphatic rings. The molecule has 0 radical (unpaired) electrons. The van der Waals surface area contributed by atoms with Crippen LogP contribution < -0.4 is 5.73 Å². The van der Waals surface area contributed by atoms with Crippen molar-refractivity contribution in [3.05, 3.63) is 0 Å². The highest BCUT2D eigenvalue weighted by Crippen LogP contribution is 2.37. The maximum Gasteiger partial charge on any atom is 0.209 e. The lowest BCUT2D eigenvalue weighted by molar-refractivity contribution is 0.563. The van der Waals surface area contributed by atoms with Gasteiger partial charge in [0.15, 0.2) is 0 Å². The van der Waals surface area contributed by atoms with Crippen LogP contribution in [0.15, 0.2) is 5.16 Å². The molecular weight excluding hydrogens is 210 g/mol. The summed E-state index contributed by atoms with van der Waals surface area (Å²) < 4.78 is 1.95. The van der Waals surface area contributed by atoms with Crippen molar-refractivity contribution in [3.63, 3.8) is 0 Å². The molecule has 1 aromatic rings. The quantitative estimate of drug-likeness (QED) is 0.766. The SMILES string of the molecule is CC(N)CC(C)Sc1nnnn1C1CC1. The molecule has 0 aromatic carbocycles. The number of hydrogen-bond acceptors (Lipinski definition) is 5. The molecule has 84 valence electrons. The zero-order chi connectivity index (χ0) is 10.8. The molecule has 2 atom stereocenters. The summed E-state index contributed by atoms with van der Waals surface area (Å²) in [4.78, 5) is 0. The van der Waals surface area contributed by atoms with Crippen LogP contribution in [-0.4, -0.2) is 31.5 Å². The van der Waals surface area contributed by atoms with Crippen LogP contribution in [0, 0.1) is 0 Å². The second-order valence-electron chi connectivity index (χ2n) is 4.28. The topological polar surface area (TPSA) is 69.6 Å². The summed E-state index contributed by atoms with van der Waals surface area (Å²) in [5.41, 5.74) is 5.76. The molecule has 1 heterocycles. The molecule has 0 amide bonds. The van der Waals surface area contributed by atoms with Crippen LogP contribution in [0.4, 0.5) is 0 Å². The van der Waals surface area contributed by atoms with Crippen molar-refractivity contribution in [1.29, 1.82) is 0 Å². The maximum atomic E-state index is 5.76. The maximum absolute atomic E-state index is 5.76. The van der Waals surface area contributed by atoms with Crippen molar-refractivity contribution in [1.82, 2.24) is 20.2 Å². The Morgan fingerprint density at radius 3 is 2.87 bits per heavy atom. The average molecular weight is 227 g/mol. The monoisotopic (exact) mass is 227 g/mol. The van der Waals surface area contributed by atoms with Crippen LogP contribution >= 0.6 is 11.8 Å². The van der Waals surface area contributed by atoms with Crippen molar-refractivity contribution in [2.45, 2.75) is 55.6 Å². The van der Waals surface area contributed by atoms with Gasteiger partial charge in [0.2, 0.25) is 5.16 Å². The van der Waals surface area contributed by atoms with Crippen LogP contribution in [-0.2, 0) is 0 Å². The minimum Gasteiger partial charge on any atom is -0.328 e. The lowest BCUT2D eigenvalue weighted by atomic mass is 10.2. The lowest BCUT2D eigenvalue weighted by Gasteiger charge is -2.12.